The van der Waals surface area contributed by atoms with Crippen LogP contribution in [-0.2, 0) is 5.54 Å². The summed E-state index contributed by atoms with van der Waals surface area (Å²) in [7, 11) is 0. The van der Waals surface area contributed by atoms with Gasteiger partial charge in [0, 0.05) is 6.07 Å². The molecule has 2 rings (SSSR count). The standard InChI is InChI=1S/C11H12F2N4/c1-11(2,14)10-6-17(16-15-10)7-3-4-8(12)9(13)5-7/h3-6H,14H2,1-2H3. The summed E-state index contributed by atoms with van der Waals surface area (Å²) < 4.78 is 27.2. The Hall–Kier alpha value is -1.82. The molecular weight excluding hydrogens is 226 g/mol. The third kappa shape index (κ3) is 2.31. The maximum Gasteiger partial charge on any atom is 0.160 e. The van der Waals surface area contributed by atoms with Gasteiger partial charge < -0.3 is 5.73 Å². The van der Waals surface area contributed by atoms with E-state index < -0.39 is 17.2 Å². The summed E-state index contributed by atoms with van der Waals surface area (Å²) in [6.07, 6.45) is 1.59. The summed E-state index contributed by atoms with van der Waals surface area (Å²) in [5, 5.41) is 7.71. The van der Waals surface area contributed by atoms with Crippen molar-refractivity contribution >= 4 is 0 Å². The minimum absolute atomic E-state index is 0.395. The first-order valence-electron chi connectivity index (χ1n) is 5.05. The third-order valence-corrected chi connectivity index (χ3v) is 2.32. The van der Waals surface area contributed by atoms with Gasteiger partial charge in [-0.2, -0.15) is 0 Å². The second kappa shape index (κ2) is 3.89. The van der Waals surface area contributed by atoms with E-state index in [0.717, 1.165) is 12.1 Å². The van der Waals surface area contributed by atoms with Gasteiger partial charge in [0.2, 0.25) is 0 Å². The van der Waals surface area contributed by atoms with Crippen LogP contribution in [0, 0.1) is 11.6 Å². The van der Waals surface area contributed by atoms with Gasteiger partial charge >= 0.3 is 0 Å². The molecule has 0 saturated carbocycles. The van der Waals surface area contributed by atoms with E-state index in [9.17, 15) is 8.78 Å². The Labute approximate surface area is 97.0 Å². The van der Waals surface area contributed by atoms with Crippen molar-refractivity contribution in [2.24, 2.45) is 5.73 Å². The van der Waals surface area contributed by atoms with E-state index in [2.05, 4.69) is 10.3 Å². The van der Waals surface area contributed by atoms with Gasteiger partial charge in [-0.15, -0.1) is 5.10 Å². The average molecular weight is 238 g/mol. The SMILES string of the molecule is CC(C)(N)c1cn(-c2ccc(F)c(F)c2)nn1. The molecule has 4 nitrogen and oxygen atoms in total. The van der Waals surface area contributed by atoms with Crippen LogP contribution in [0.15, 0.2) is 24.4 Å². The molecule has 90 valence electrons. The van der Waals surface area contributed by atoms with Gasteiger partial charge in [-0.3, -0.25) is 0 Å². The number of hydrogen-bond donors (Lipinski definition) is 1. The number of rotatable bonds is 2. The number of hydrogen-bond acceptors (Lipinski definition) is 3. The van der Waals surface area contributed by atoms with Crippen molar-refractivity contribution in [3.8, 4) is 5.69 Å². The normalized spacial score (nSPS) is 11.8. The number of nitrogens with two attached hydrogens (primary N) is 1. The van der Waals surface area contributed by atoms with Crippen LogP contribution < -0.4 is 5.73 Å². The molecule has 0 atom stereocenters. The molecular formula is C11H12F2N4. The Morgan fingerprint density at radius 3 is 2.47 bits per heavy atom. The lowest BCUT2D eigenvalue weighted by atomic mass is 10.0. The van der Waals surface area contributed by atoms with E-state index in [0.29, 0.717) is 11.4 Å². The van der Waals surface area contributed by atoms with Gasteiger partial charge in [-0.05, 0) is 26.0 Å². The Morgan fingerprint density at radius 1 is 1.24 bits per heavy atom. The molecule has 0 unspecified atom stereocenters. The van der Waals surface area contributed by atoms with Gasteiger partial charge in [0.05, 0.1) is 17.4 Å². The zero-order valence-electron chi connectivity index (χ0n) is 9.48. The molecule has 2 aromatic rings. The van der Waals surface area contributed by atoms with E-state index >= 15 is 0 Å². The first kappa shape index (κ1) is 11.7. The molecule has 0 amide bonds. The largest absolute Gasteiger partial charge is 0.320 e. The van der Waals surface area contributed by atoms with Gasteiger partial charge in [0.15, 0.2) is 11.6 Å². The summed E-state index contributed by atoms with van der Waals surface area (Å²) in [4.78, 5) is 0. The van der Waals surface area contributed by atoms with Crippen LogP contribution in [0.2, 0.25) is 0 Å². The summed E-state index contributed by atoms with van der Waals surface area (Å²) in [6.45, 7) is 3.57. The highest BCUT2D eigenvalue weighted by atomic mass is 19.2. The lowest BCUT2D eigenvalue weighted by Crippen LogP contribution is -2.29. The van der Waals surface area contributed by atoms with E-state index in [1.165, 1.54) is 10.7 Å². The summed E-state index contributed by atoms with van der Waals surface area (Å²) in [5.74, 6) is -1.82. The molecule has 0 aliphatic rings. The Kier molecular flexibility index (Phi) is 2.66. The molecule has 0 aliphatic carbocycles. The maximum atomic E-state index is 13.0. The Balaban J connectivity index is 2.40. The molecule has 17 heavy (non-hydrogen) atoms. The topological polar surface area (TPSA) is 56.7 Å². The predicted molar refractivity (Wildman–Crippen MR) is 58.5 cm³/mol. The van der Waals surface area contributed by atoms with Gasteiger partial charge in [0.1, 0.15) is 5.69 Å². The number of halogens is 2. The minimum atomic E-state index is -0.924. The molecule has 0 saturated heterocycles. The number of aromatic nitrogens is 3. The lowest BCUT2D eigenvalue weighted by molar-refractivity contribution is 0.507. The third-order valence-electron chi connectivity index (χ3n) is 2.32. The molecule has 0 radical (unpaired) electrons. The summed E-state index contributed by atoms with van der Waals surface area (Å²) in [6, 6.07) is 3.51. The molecule has 1 aromatic carbocycles. The zero-order valence-corrected chi connectivity index (χ0v) is 9.48. The monoisotopic (exact) mass is 238 g/mol. The second-order valence-corrected chi connectivity index (χ2v) is 4.37. The lowest BCUT2D eigenvalue weighted by Gasteiger charge is -2.13. The zero-order chi connectivity index (χ0) is 12.6. The van der Waals surface area contributed by atoms with Crippen LogP contribution in [0.25, 0.3) is 5.69 Å². The Morgan fingerprint density at radius 2 is 1.94 bits per heavy atom. The van der Waals surface area contributed by atoms with Crippen molar-refractivity contribution in [3.63, 3.8) is 0 Å². The van der Waals surface area contributed by atoms with Crippen molar-refractivity contribution in [1.82, 2.24) is 15.0 Å². The van der Waals surface area contributed by atoms with Crippen molar-refractivity contribution in [2.75, 3.05) is 0 Å². The predicted octanol–water partition coefficient (Wildman–Crippen LogP) is 1.74. The fourth-order valence-corrected chi connectivity index (χ4v) is 1.31. The first-order valence-corrected chi connectivity index (χ1v) is 5.05. The van der Waals surface area contributed by atoms with Crippen molar-refractivity contribution < 1.29 is 8.78 Å². The van der Waals surface area contributed by atoms with E-state index in [-0.39, 0.29) is 0 Å². The molecule has 1 aromatic heterocycles. The fourth-order valence-electron chi connectivity index (χ4n) is 1.31. The van der Waals surface area contributed by atoms with Crippen LogP contribution in [0.3, 0.4) is 0 Å². The van der Waals surface area contributed by atoms with E-state index in [1.54, 1.807) is 20.0 Å². The molecule has 0 aliphatic heterocycles. The molecule has 0 spiro atoms. The molecule has 2 N–H and O–H groups in total. The first-order chi connectivity index (χ1) is 7.88. The van der Waals surface area contributed by atoms with Crippen LogP contribution in [0.5, 0.6) is 0 Å². The van der Waals surface area contributed by atoms with Crippen LogP contribution >= 0.6 is 0 Å². The molecule has 1 heterocycles. The fraction of sp³-hybridized carbons (Fsp3) is 0.273. The number of nitrogens with zero attached hydrogens (tertiary/aromatic N) is 3. The molecule has 0 bridgehead atoms. The highest BCUT2D eigenvalue weighted by Crippen LogP contribution is 2.16. The van der Waals surface area contributed by atoms with Crippen LogP contribution in [0.4, 0.5) is 8.78 Å². The van der Waals surface area contributed by atoms with E-state index in [1.807, 2.05) is 0 Å². The quantitative estimate of drug-likeness (QED) is 0.867. The highest BCUT2D eigenvalue weighted by molar-refractivity contribution is 5.32. The smallest absolute Gasteiger partial charge is 0.160 e. The Bertz CT molecular complexity index is 543. The van der Waals surface area contributed by atoms with Crippen molar-refractivity contribution in [3.05, 3.63) is 41.7 Å². The molecule has 0 fully saturated rings. The van der Waals surface area contributed by atoms with Crippen molar-refractivity contribution in [2.45, 2.75) is 19.4 Å². The van der Waals surface area contributed by atoms with Crippen LogP contribution in [-0.4, -0.2) is 15.0 Å². The van der Waals surface area contributed by atoms with Gasteiger partial charge in [0.25, 0.3) is 0 Å². The highest BCUT2D eigenvalue weighted by Gasteiger charge is 2.18. The summed E-state index contributed by atoms with van der Waals surface area (Å²) in [5.41, 5.74) is 6.19. The summed E-state index contributed by atoms with van der Waals surface area (Å²) >= 11 is 0. The number of benzene rings is 1. The molecule has 6 heteroatoms. The van der Waals surface area contributed by atoms with Crippen molar-refractivity contribution in [1.29, 1.82) is 0 Å². The average Bonchev–Trinajstić information content (AvgIpc) is 2.70. The van der Waals surface area contributed by atoms with Gasteiger partial charge in [-0.25, -0.2) is 13.5 Å². The van der Waals surface area contributed by atoms with Crippen LogP contribution in [0.1, 0.15) is 19.5 Å². The second-order valence-electron chi connectivity index (χ2n) is 4.37. The maximum absolute atomic E-state index is 13.0. The van der Waals surface area contributed by atoms with Gasteiger partial charge in [-0.1, -0.05) is 5.21 Å². The minimum Gasteiger partial charge on any atom is -0.320 e. The van der Waals surface area contributed by atoms with E-state index in [4.69, 9.17) is 5.73 Å².